The number of anilines is 1. The Kier molecular flexibility index (Phi) is 3.34. The molecule has 0 spiro atoms. The Morgan fingerprint density at radius 2 is 2.11 bits per heavy atom. The molecule has 0 unspecified atom stereocenters. The molecular formula is C12H9F3N2O2. The number of amides is 1. The molecule has 0 aromatic heterocycles. The molecule has 1 aromatic carbocycles. The number of nitriles is 1. The first-order valence-electron chi connectivity index (χ1n) is 5.49. The van der Waals surface area contributed by atoms with E-state index in [1.807, 2.05) is 0 Å². The maximum Gasteiger partial charge on any atom is 0.417 e. The molecule has 7 heteroatoms. The number of benzene rings is 1. The lowest BCUT2D eigenvalue weighted by atomic mass is 10.1. The summed E-state index contributed by atoms with van der Waals surface area (Å²) in [6.07, 6.45) is -4.77. The highest BCUT2D eigenvalue weighted by atomic mass is 19.4. The van der Waals surface area contributed by atoms with E-state index in [0.29, 0.717) is 13.0 Å². The summed E-state index contributed by atoms with van der Waals surface area (Å²) in [7, 11) is 0. The molecule has 1 fully saturated rings. The van der Waals surface area contributed by atoms with Gasteiger partial charge in [-0.3, -0.25) is 4.90 Å². The van der Waals surface area contributed by atoms with Crippen LogP contribution in [0, 0.1) is 11.3 Å². The van der Waals surface area contributed by atoms with Gasteiger partial charge in [-0.15, -0.1) is 0 Å². The molecule has 0 bridgehead atoms. The van der Waals surface area contributed by atoms with E-state index in [0.717, 1.165) is 17.0 Å². The largest absolute Gasteiger partial charge is 0.449 e. The second kappa shape index (κ2) is 4.80. The minimum Gasteiger partial charge on any atom is -0.449 e. The van der Waals surface area contributed by atoms with Gasteiger partial charge in [-0.2, -0.15) is 18.4 Å². The number of halogens is 3. The maximum absolute atomic E-state index is 12.8. The summed E-state index contributed by atoms with van der Waals surface area (Å²) in [5, 5.41) is 8.68. The topological polar surface area (TPSA) is 53.3 Å². The van der Waals surface area contributed by atoms with Crippen molar-refractivity contribution in [1.29, 1.82) is 5.26 Å². The number of hydrogen-bond donors (Lipinski definition) is 0. The standard InChI is InChI=1S/C12H9F3N2O2/c13-12(14,15)10-6-9(3-2-8(10)7-16)17-4-1-5-19-11(17)18/h2-3,6H,1,4-5H2. The fraction of sp³-hybridized carbons (Fsp3) is 0.333. The molecule has 1 aromatic rings. The number of cyclic esters (lactones) is 1. The third-order valence-corrected chi connectivity index (χ3v) is 2.71. The molecule has 19 heavy (non-hydrogen) atoms. The molecule has 1 heterocycles. The Morgan fingerprint density at radius 3 is 2.68 bits per heavy atom. The summed E-state index contributed by atoms with van der Waals surface area (Å²) in [4.78, 5) is 12.6. The molecule has 1 aliphatic rings. The van der Waals surface area contributed by atoms with E-state index in [-0.39, 0.29) is 12.3 Å². The molecule has 0 saturated carbocycles. The van der Waals surface area contributed by atoms with Crippen LogP contribution in [0.5, 0.6) is 0 Å². The van der Waals surface area contributed by atoms with Gasteiger partial charge in [-0.05, 0) is 24.6 Å². The highest BCUT2D eigenvalue weighted by Gasteiger charge is 2.35. The van der Waals surface area contributed by atoms with E-state index in [1.54, 1.807) is 0 Å². The van der Waals surface area contributed by atoms with Crippen molar-refractivity contribution in [3.05, 3.63) is 29.3 Å². The van der Waals surface area contributed by atoms with Gasteiger partial charge >= 0.3 is 12.3 Å². The molecule has 1 aliphatic heterocycles. The lowest BCUT2D eigenvalue weighted by Crippen LogP contribution is -2.37. The molecule has 1 saturated heterocycles. The predicted octanol–water partition coefficient (Wildman–Crippen LogP) is 2.92. The summed E-state index contributed by atoms with van der Waals surface area (Å²) in [5.74, 6) is 0. The number of carbonyl (C=O) groups excluding carboxylic acids is 1. The Labute approximate surface area is 107 Å². The van der Waals surface area contributed by atoms with Crippen molar-refractivity contribution in [3.8, 4) is 6.07 Å². The second-order valence-electron chi connectivity index (χ2n) is 3.96. The van der Waals surface area contributed by atoms with E-state index < -0.39 is 23.4 Å². The van der Waals surface area contributed by atoms with Crippen molar-refractivity contribution in [1.82, 2.24) is 0 Å². The van der Waals surface area contributed by atoms with Gasteiger partial charge in [0.15, 0.2) is 0 Å². The van der Waals surface area contributed by atoms with E-state index >= 15 is 0 Å². The van der Waals surface area contributed by atoms with E-state index in [4.69, 9.17) is 10.00 Å². The fourth-order valence-corrected chi connectivity index (χ4v) is 1.82. The number of hydrogen-bond acceptors (Lipinski definition) is 3. The number of ether oxygens (including phenoxy) is 1. The van der Waals surface area contributed by atoms with Crippen LogP contribution in [0.1, 0.15) is 17.5 Å². The van der Waals surface area contributed by atoms with Crippen LogP contribution >= 0.6 is 0 Å². The number of carbonyl (C=O) groups is 1. The van der Waals surface area contributed by atoms with Crippen molar-refractivity contribution in [3.63, 3.8) is 0 Å². The highest BCUT2D eigenvalue weighted by Crippen LogP contribution is 2.34. The zero-order valence-electron chi connectivity index (χ0n) is 9.70. The summed E-state index contributed by atoms with van der Waals surface area (Å²) in [6, 6.07) is 4.65. The van der Waals surface area contributed by atoms with E-state index in [2.05, 4.69) is 0 Å². The quantitative estimate of drug-likeness (QED) is 0.788. The van der Waals surface area contributed by atoms with Crippen LogP contribution in [0.15, 0.2) is 18.2 Å². The van der Waals surface area contributed by atoms with Gasteiger partial charge in [-0.25, -0.2) is 4.79 Å². The Morgan fingerprint density at radius 1 is 1.37 bits per heavy atom. The first-order valence-corrected chi connectivity index (χ1v) is 5.49. The van der Waals surface area contributed by atoms with E-state index in [9.17, 15) is 18.0 Å². The van der Waals surface area contributed by atoms with Gasteiger partial charge in [0.25, 0.3) is 0 Å². The Bertz CT molecular complexity index is 549. The molecule has 100 valence electrons. The second-order valence-corrected chi connectivity index (χ2v) is 3.96. The van der Waals surface area contributed by atoms with Crippen LogP contribution in [0.4, 0.5) is 23.7 Å². The van der Waals surface area contributed by atoms with Crippen LogP contribution < -0.4 is 4.90 Å². The van der Waals surface area contributed by atoms with Gasteiger partial charge in [0, 0.05) is 12.2 Å². The first-order chi connectivity index (χ1) is 8.93. The van der Waals surface area contributed by atoms with Crippen molar-refractivity contribution in [2.24, 2.45) is 0 Å². The summed E-state index contributed by atoms with van der Waals surface area (Å²) in [5.41, 5.74) is -1.44. The van der Waals surface area contributed by atoms with Gasteiger partial charge in [0.2, 0.25) is 0 Å². The lowest BCUT2D eigenvalue weighted by molar-refractivity contribution is -0.137. The third kappa shape index (κ3) is 2.62. The smallest absolute Gasteiger partial charge is 0.417 e. The van der Waals surface area contributed by atoms with Gasteiger partial charge in [0.1, 0.15) is 0 Å². The zero-order valence-corrected chi connectivity index (χ0v) is 9.70. The predicted molar refractivity (Wildman–Crippen MR) is 59.5 cm³/mol. The Balaban J connectivity index is 2.43. The summed E-state index contributed by atoms with van der Waals surface area (Å²) in [6.45, 7) is 0.555. The molecular weight excluding hydrogens is 261 g/mol. The lowest BCUT2D eigenvalue weighted by Gasteiger charge is -2.27. The number of nitrogens with zero attached hydrogens (tertiary/aromatic N) is 2. The van der Waals surface area contributed by atoms with E-state index in [1.165, 1.54) is 12.1 Å². The molecule has 0 aliphatic carbocycles. The van der Waals surface area contributed by atoms with Gasteiger partial charge in [-0.1, -0.05) is 0 Å². The maximum atomic E-state index is 12.8. The average Bonchev–Trinajstić information content (AvgIpc) is 2.37. The van der Waals surface area contributed by atoms with Crippen LogP contribution in [0.3, 0.4) is 0 Å². The van der Waals surface area contributed by atoms with Crippen LogP contribution in [-0.4, -0.2) is 19.2 Å². The number of rotatable bonds is 1. The molecule has 1 amide bonds. The molecule has 0 radical (unpaired) electrons. The normalized spacial score (nSPS) is 15.9. The number of alkyl halides is 3. The fourth-order valence-electron chi connectivity index (χ4n) is 1.82. The van der Waals surface area contributed by atoms with Crippen LogP contribution in [-0.2, 0) is 10.9 Å². The molecule has 2 rings (SSSR count). The van der Waals surface area contributed by atoms with Crippen LogP contribution in [0.25, 0.3) is 0 Å². The molecule has 4 nitrogen and oxygen atoms in total. The van der Waals surface area contributed by atoms with Gasteiger partial charge in [0.05, 0.1) is 23.8 Å². The summed E-state index contributed by atoms with van der Waals surface area (Å²) >= 11 is 0. The minimum absolute atomic E-state index is 0.0797. The van der Waals surface area contributed by atoms with Crippen LogP contribution in [0.2, 0.25) is 0 Å². The van der Waals surface area contributed by atoms with Crippen molar-refractivity contribution in [2.75, 3.05) is 18.1 Å². The van der Waals surface area contributed by atoms with Crippen molar-refractivity contribution >= 4 is 11.8 Å². The molecule has 0 atom stereocenters. The van der Waals surface area contributed by atoms with Crippen molar-refractivity contribution < 1.29 is 22.7 Å². The highest BCUT2D eigenvalue weighted by molar-refractivity contribution is 5.88. The molecule has 0 N–H and O–H groups in total. The van der Waals surface area contributed by atoms with Gasteiger partial charge < -0.3 is 4.74 Å². The monoisotopic (exact) mass is 270 g/mol. The minimum atomic E-state index is -4.64. The first kappa shape index (κ1) is 13.2. The Hall–Kier alpha value is -2.23. The average molecular weight is 270 g/mol. The summed E-state index contributed by atoms with van der Waals surface area (Å²) < 4.78 is 43.1. The zero-order chi connectivity index (χ0) is 14.0. The third-order valence-electron chi connectivity index (χ3n) is 2.71. The SMILES string of the molecule is N#Cc1ccc(N2CCCOC2=O)cc1C(F)(F)F. The van der Waals surface area contributed by atoms with Crippen molar-refractivity contribution in [2.45, 2.75) is 12.6 Å².